The lowest BCUT2D eigenvalue weighted by atomic mass is 10.2. The highest BCUT2D eigenvalue weighted by Crippen LogP contribution is 2.13. The van der Waals surface area contributed by atoms with Gasteiger partial charge in [0.2, 0.25) is 0 Å². The average molecular weight is 335 g/mol. The molecule has 6 heteroatoms. The van der Waals surface area contributed by atoms with Crippen molar-refractivity contribution in [3.8, 4) is 0 Å². The maximum atomic E-state index is 12.2. The number of nitrogens with one attached hydrogen (secondary N) is 1. The highest BCUT2D eigenvalue weighted by molar-refractivity contribution is 7.83. The van der Waals surface area contributed by atoms with E-state index in [1.54, 1.807) is 19.2 Å². The molecule has 0 saturated heterocycles. The Morgan fingerprint density at radius 2 is 1.91 bits per heavy atom. The summed E-state index contributed by atoms with van der Waals surface area (Å²) in [5.74, 6) is 1.24. The number of amides is 1. The van der Waals surface area contributed by atoms with Gasteiger partial charge in [-0.15, -0.1) is 0 Å². The van der Waals surface area contributed by atoms with Crippen LogP contribution in [0.25, 0.3) is 0 Å². The molecule has 0 saturated carbocycles. The van der Waals surface area contributed by atoms with Crippen molar-refractivity contribution in [1.82, 2.24) is 5.32 Å². The molecule has 2 aromatic rings. The Bertz CT molecular complexity index is 663. The minimum Gasteiger partial charge on any atom is -0.455 e. The van der Waals surface area contributed by atoms with E-state index in [9.17, 15) is 9.00 Å². The fourth-order valence-electron chi connectivity index (χ4n) is 2.01. The SMILES string of the molecule is COCCNC(=O)c1ccc(C[S@@](=O)Cc2ccc(C)cc2)o1. The van der Waals surface area contributed by atoms with Crippen LogP contribution in [-0.4, -0.2) is 30.4 Å². The lowest BCUT2D eigenvalue weighted by molar-refractivity contribution is 0.0908. The first-order valence-corrected chi connectivity index (χ1v) is 8.83. The predicted octanol–water partition coefficient (Wildman–Crippen LogP) is 2.41. The zero-order valence-electron chi connectivity index (χ0n) is 13.3. The summed E-state index contributed by atoms with van der Waals surface area (Å²) in [6, 6.07) is 11.2. The molecule has 1 N–H and O–H groups in total. The van der Waals surface area contributed by atoms with Crippen LogP contribution < -0.4 is 5.32 Å². The van der Waals surface area contributed by atoms with Crippen LogP contribution >= 0.6 is 0 Å². The number of furan rings is 1. The van der Waals surface area contributed by atoms with Gasteiger partial charge in [-0.25, -0.2) is 0 Å². The molecule has 0 unspecified atom stereocenters. The maximum Gasteiger partial charge on any atom is 0.287 e. The summed E-state index contributed by atoms with van der Waals surface area (Å²) in [7, 11) is 0.489. The van der Waals surface area contributed by atoms with Crippen molar-refractivity contribution in [2.75, 3.05) is 20.3 Å². The largest absolute Gasteiger partial charge is 0.455 e. The summed E-state index contributed by atoms with van der Waals surface area (Å²) >= 11 is 0. The van der Waals surface area contributed by atoms with Gasteiger partial charge in [0, 0.05) is 30.2 Å². The van der Waals surface area contributed by atoms with E-state index in [1.807, 2.05) is 31.2 Å². The van der Waals surface area contributed by atoms with Crippen molar-refractivity contribution in [2.24, 2.45) is 0 Å². The van der Waals surface area contributed by atoms with Crippen LogP contribution in [-0.2, 0) is 27.0 Å². The van der Waals surface area contributed by atoms with Crippen LogP contribution in [0.3, 0.4) is 0 Å². The molecule has 1 aromatic heterocycles. The average Bonchev–Trinajstić information content (AvgIpc) is 2.98. The van der Waals surface area contributed by atoms with Crippen molar-refractivity contribution in [1.29, 1.82) is 0 Å². The Labute approximate surface area is 138 Å². The van der Waals surface area contributed by atoms with Gasteiger partial charge in [0.05, 0.1) is 12.4 Å². The molecule has 0 aliphatic carbocycles. The van der Waals surface area contributed by atoms with Crippen LogP contribution in [0.1, 0.15) is 27.4 Å². The maximum absolute atomic E-state index is 12.2. The first kappa shape index (κ1) is 17.4. The van der Waals surface area contributed by atoms with E-state index >= 15 is 0 Å². The van der Waals surface area contributed by atoms with Gasteiger partial charge >= 0.3 is 0 Å². The van der Waals surface area contributed by atoms with Gasteiger partial charge in [0.1, 0.15) is 5.76 Å². The number of benzene rings is 1. The van der Waals surface area contributed by atoms with E-state index in [1.165, 1.54) is 5.56 Å². The smallest absolute Gasteiger partial charge is 0.287 e. The van der Waals surface area contributed by atoms with Gasteiger partial charge in [-0.2, -0.15) is 0 Å². The van der Waals surface area contributed by atoms with Crippen molar-refractivity contribution >= 4 is 16.7 Å². The lowest BCUT2D eigenvalue weighted by Crippen LogP contribution is -2.26. The molecule has 0 radical (unpaired) electrons. The summed E-state index contributed by atoms with van der Waals surface area (Å²) in [6.45, 7) is 2.88. The minimum atomic E-state index is -1.08. The fraction of sp³-hybridized carbons (Fsp3) is 0.353. The third kappa shape index (κ3) is 5.65. The zero-order valence-corrected chi connectivity index (χ0v) is 14.2. The second-order valence-corrected chi connectivity index (χ2v) is 6.69. The Kier molecular flexibility index (Phi) is 6.55. The molecule has 2 rings (SSSR count). The first-order chi connectivity index (χ1) is 11.1. The van der Waals surface area contributed by atoms with Gasteiger partial charge in [-0.1, -0.05) is 29.8 Å². The molecule has 0 aliphatic rings. The van der Waals surface area contributed by atoms with E-state index in [0.29, 0.717) is 30.4 Å². The second kappa shape index (κ2) is 8.64. The zero-order chi connectivity index (χ0) is 16.7. The summed E-state index contributed by atoms with van der Waals surface area (Å²) in [4.78, 5) is 11.8. The second-order valence-electron chi connectivity index (χ2n) is 5.23. The van der Waals surface area contributed by atoms with E-state index in [0.717, 1.165) is 5.56 Å². The van der Waals surface area contributed by atoms with Crippen LogP contribution in [0.15, 0.2) is 40.8 Å². The highest BCUT2D eigenvalue weighted by Gasteiger charge is 2.12. The molecule has 1 aromatic carbocycles. The number of aryl methyl sites for hydroxylation is 1. The molecule has 1 atom stereocenters. The molecule has 0 bridgehead atoms. The molecule has 1 amide bonds. The molecule has 0 spiro atoms. The van der Waals surface area contributed by atoms with Crippen molar-refractivity contribution in [2.45, 2.75) is 18.4 Å². The molecule has 0 fully saturated rings. The predicted molar refractivity (Wildman–Crippen MR) is 89.6 cm³/mol. The Hall–Kier alpha value is -1.92. The van der Waals surface area contributed by atoms with E-state index in [2.05, 4.69) is 5.32 Å². The van der Waals surface area contributed by atoms with Crippen LogP contribution in [0.4, 0.5) is 0 Å². The fourth-order valence-corrected chi connectivity index (χ4v) is 3.15. The third-order valence-electron chi connectivity index (χ3n) is 3.23. The van der Waals surface area contributed by atoms with Crippen LogP contribution in [0.2, 0.25) is 0 Å². The van der Waals surface area contributed by atoms with Gasteiger partial charge in [0.15, 0.2) is 5.76 Å². The van der Waals surface area contributed by atoms with E-state index in [-0.39, 0.29) is 11.7 Å². The summed E-state index contributed by atoms with van der Waals surface area (Å²) in [5, 5.41) is 2.68. The Morgan fingerprint density at radius 3 is 2.61 bits per heavy atom. The van der Waals surface area contributed by atoms with Crippen molar-refractivity contribution in [3.63, 3.8) is 0 Å². The minimum absolute atomic E-state index is 0.225. The standard InChI is InChI=1S/C17H21NO4S/c1-13-3-5-14(6-4-13)11-23(20)12-15-7-8-16(22-15)17(19)18-9-10-21-2/h3-8H,9-12H2,1-2H3,(H,18,19)/t23-/m0/s1. The number of hydrogen-bond acceptors (Lipinski definition) is 4. The molecular formula is C17H21NO4S. The van der Waals surface area contributed by atoms with Gasteiger partial charge in [-0.3, -0.25) is 9.00 Å². The number of hydrogen-bond donors (Lipinski definition) is 1. The van der Waals surface area contributed by atoms with Crippen LogP contribution in [0.5, 0.6) is 0 Å². The third-order valence-corrected chi connectivity index (χ3v) is 4.49. The molecule has 1 heterocycles. The highest BCUT2D eigenvalue weighted by atomic mass is 32.2. The summed E-state index contributed by atoms with van der Waals surface area (Å²) in [6.07, 6.45) is 0. The van der Waals surface area contributed by atoms with Crippen LogP contribution in [0, 0.1) is 6.92 Å². The first-order valence-electron chi connectivity index (χ1n) is 7.35. The number of carbonyl (C=O) groups is 1. The Balaban J connectivity index is 1.87. The molecular weight excluding hydrogens is 314 g/mol. The summed E-state index contributed by atoms with van der Waals surface area (Å²) < 4.78 is 22.5. The van der Waals surface area contributed by atoms with Crippen molar-refractivity contribution < 1.29 is 18.2 Å². The number of rotatable bonds is 8. The number of ether oxygens (including phenoxy) is 1. The quantitative estimate of drug-likeness (QED) is 0.752. The molecule has 0 aliphatic heterocycles. The molecule has 124 valence electrons. The van der Waals surface area contributed by atoms with Gasteiger partial charge in [0.25, 0.3) is 5.91 Å². The molecule has 23 heavy (non-hydrogen) atoms. The number of methoxy groups -OCH3 is 1. The van der Waals surface area contributed by atoms with Gasteiger partial charge in [-0.05, 0) is 24.6 Å². The Morgan fingerprint density at radius 1 is 1.17 bits per heavy atom. The lowest BCUT2D eigenvalue weighted by Gasteiger charge is -2.03. The van der Waals surface area contributed by atoms with Crippen molar-refractivity contribution in [3.05, 3.63) is 59.0 Å². The van der Waals surface area contributed by atoms with E-state index < -0.39 is 10.8 Å². The molecule has 5 nitrogen and oxygen atoms in total. The number of carbonyl (C=O) groups excluding carboxylic acids is 1. The summed E-state index contributed by atoms with van der Waals surface area (Å²) in [5.41, 5.74) is 2.20. The monoisotopic (exact) mass is 335 g/mol. The van der Waals surface area contributed by atoms with Gasteiger partial charge < -0.3 is 14.5 Å². The normalized spacial score (nSPS) is 12.1. The van der Waals surface area contributed by atoms with E-state index in [4.69, 9.17) is 9.15 Å². The topological polar surface area (TPSA) is 68.5 Å².